The minimum Gasteiger partial charge on any atom is -0.355 e. The van der Waals surface area contributed by atoms with Crippen molar-refractivity contribution in [3.05, 3.63) is 35.9 Å². The standard InChI is InChI=1S/C17H26N2O/c1-2-6-14(9-12-18)13-19-16(20)17(10-11-17)15-7-4-3-5-8-15/h3-5,7-8,14H,2,6,9-13,18H2,1H3,(H,19,20). The first kappa shape index (κ1) is 15.0. The molecule has 1 aromatic carbocycles. The lowest BCUT2D eigenvalue weighted by Gasteiger charge is -2.20. The molecule has 2 rings (SSSR count). The Balaban J connectivity index is 1.92. The van der Waals surface area contributed by atoms with Crippen molar-refractivity contribution in [1.82, 2.24) is 5.32 Å². The van der Waals surface area contributed by atoms with Crippen molar-refractivity contribution in [2.24, 2.45) is 11.7 Å². The summed E-state index contributed by atoms with van der Waals surface area (Å²) in [6.45, 7) is 3.64. The lowest BCUT2D eigenvalue weighted by molar-refractivity contribution is -0.123. The van der Waals surface area contributed by atoms with Crippen molar-refractivity contribution in [2.45, 2.75) is 44.4 Å². The highest BCUT2D eigenvalue weighted by molar-refractivity contribution is 5.91. The minimum atomic E-state index is -0.249. The Kier molecular flexibility index (Phi) is 5.18. The molecule has 1 fully saturated rings. The molecular formula is C17H26N2O. The summed E-state index contributed by atoms with van der Waals surface area (Å²) in [4.78, 5) is 12.5. The second kappa shape index (κ2) is 6.89. The van der Waals surface area contributed by atoms with Crippen LogP contribution >= 0.6 is 0 Å². The van der Waals surface area contributed by atoms with Gasteiger partial charge in [0.2, 0.25) is 5.91 Å². The van der Waals surface area contributed by atoms with E-state index in [0.717, 1.165) is 44.2 Å². The van der Waals surface area contributed by atoms with Gasteiger partial charge < -0.3 is 11.1 Å². The van der Waals surface area contributed by atoms with Crippen LogP contribution in [0, 0.1) is 5.92 Å². The third-order valence-corrected chi connectivity index (χ3v) is 4.33. The fraction of sp³-hybridized carbons (Fsp3) is 0.588. The SMILES string of the molecule is CCCC(CCN)CNC(=O)C1(c2ccccc2)CC1. The van der Waals surface area contributed by atoms with Gasteiger partial charge in [-0.3, -0.25) is 4.79 Å². The van der Waals surface area contributed by atoms with Crippen molar-refractivity contribution in [3.63, 3.8) is 0 Å². The van der Waals surface area contributed by atoms with Gasteiger partial charge in [0.05, 0.1) is 5.41 Å². The topological polar surface area (TPSA) is 55.1 Å². The van der Waals surface area contributed by atoms with Crippen LogP contribution in [0.15, 0.2) is 30.3 Å². The molecule has 20 heavy (non-hydrogen) atoms. The first-order valence-electron chi connectivity index (χ1n) is 7.77. The molecule has 1 amide bonds. The lowest BCUT2D eigenvalue weighted by atomic mass is 9.94. The van der Waals surface area contributed by atoms with Gasteiger partial charge in [-0.05, 0) is 43.7 Å². The molecule has 0 saturated heterocycles. The lowest BCUT2D eigenvalue weighted by Crippen LogP contribution is -2.38. The van der Waals surface area contributed by atoms with E-state index in [1.807, 2.05) is 18.2 Å². The smallest absolute Gasteiger partial charge is 0.230 e. The number of rotatable bonds is 8. The Morgan fingerprint density at radius 3 is 2.55 bits per heavy atom. The van der Waals surface area contributed by atoms with Crippen LogP contribution in [0.4, 0.5) is 0 Å². The molecule has 0 spiro atoms. The first-order valence-corrected chi connectivity index (χ1v) is 7.77. The summed E-state index contributed by atoms with van der Waals surface area (Å²) in [7, 11) is 0. The van der Waals surface area contributed by atoms with Crippen LogP contribution in [0.5, 0.6) is 0 Å². The van der Waals surface area contributed by atoms with E-state index in [9.17, 15) is 4.79 Å². The molecule has 0 radical (unpaired) electrons. The van der Waals surface area contributed by atoms with E-state index in [1.54, 1.807) is 0 Å². The molecule has 3 N–H and O–H groups in total. The maximum Gasteiger partial charge on any atom is 0.230 e. The normalized spacial score (nSPS) is 17.5. The molecule has 110 valence electrons. The van der Waals surface area contributed by atoms with E-state index < -0.39 is 0 Å². The monoisotopic (exact) mass is 274 g/mol. The van der Waals surface area contributed by atoms with Crippen LogP contribution < -0.4 is 11.1 Å². The number of hydrogen-bond donors (Lipinski definition) is 2. The highest BCUT2D eigenvalue weighted by atomic mass is 16.2. The number of nitrogens with two attached hydrogens (primary N) is 1. The largest absolute Gasteiger partial charge is 0.355 e. The molecule has 0 bridgehead atoms. The van der Waals surface area contributed by atoms with Crippen LogP contribution in [0.1, 0.15) is 44.6 Å². The Bertz CT molecular complexity index is 420. The third kappa shape index (κ3) is 3.40. The fourth-order valence-electron chi connectivity index (χ4n) is 2.93. The summed E-state index contributed by atoms with van der Waals surface area (Å²) in [6, 6.07) is 10.1. The zero-order valence-corrected chi connectivity index (χ0v) is 12.4. The maximum absolute atomic E-state index is 12.5. The number of carbonyl (C=O) groups excluding carboxylic acids is 1. The molecule has 1 aromatic rings. The Morgan fingerprint density at radius 1 is 1.30 bits per heavy atom. The molecule has 3 nitrogen and oxygen atoms in total. The zero-order chi connectivity index (χ0) is 14.4. The van der Waals surface area contributed by atoms with Gasteiger partial charge in [0, 0.05) is 6.54 Å². The van der Waals surface area contributed by atoms with Gasteiger partial charge in [-0.15, -0.1) is 0 Å². The zero-order valence-electron chi connectivity index (χ0n) is 12.4. The van der Waals surface area contributed by atoms with Crippen LogP contribution in [0.3, 0.4) is 0 Å². The Morgan fingerprint density at radius 2 is 2.00 bits per heavy atom. The second-order valence-electron chi connectivity index (χ2n) is 5.89. The van der Waals surface area contributed by atoms with Crippen LogP contribution in [0.25, 0.3) is 0 Å². The average Bonchev–Trinajstić information content (AvgIpc) is 3.27. The third-order valence-electron chi connectivity index (χ3n) is 4.33. The molecule has 1 saturated carbocycles. The van der Waals surface area contributed by atoms with Crippen molar-refractivity contribution >= 4 is 5.91 Å². The highest BCUT2D eigenvalue weighted by Gasteiger charge is 2.50. The molecule has 1 aliphatic rings. The molecule has 0 heterocycles. The van der Waals surface area contributed by atoms with Gasteiger partial charge in [0.15, 0.2) is 0 Å². The van der Waals surface area contributed by atoms with Crippen LogP contribution in [-0.4, -0.2) is 19.0 Å². The van der Waals surface area contributed by atoms with E-state index >= 15 is 0 Å². The Hall–Kier alpha value is -1.35. The summed E-state index contributed by atoms with van der Waals surface area (Å²) in [5.74, 6) is 0.711. The highest BCUT2D eigenvalue weighted by Crippen LogP contribution is 2.48. The quantitative estimate of drug-likeness (QED) is 0.765. The maximum atomic E-state index is 12.5. The van der Waals surface area contributed by atoms with Crippen molar-refractivity contribution in [3.8, 4) is 0 Å². The van der Waals surface area contributed by atoms with Gasteiger partial charge in [-0.2, -0.15) is 0 Å². The van der Waals surface area contributed by atoms with E-state index in [4.69, 9.17) is 5.73 Å². The van der Waals surface area contributed by atoms with Crippen molar-refractivity contribution in [2.75, 3.05) is 13.1 Å². The van der Waals surface area contributed by atoms with Gasteiger partial charge in [-0.1, -0.05) is 43.7 Å². The predicted molar refractivity (Wildman–Crippen MR) is 82.4 cm³/mol. The van der Waals surface area contributed by atoms with E-state index in [-0.39, 0.29) is 11.3 Å². The summed E-state index contributed by atoms with van der Waals surface area (Å²) in [5.41, 5.74) is 6.55. The summed E-state index contributed by atoms with van der Waals surface area (Å²) in [6.07, 6.45) is 5.21. The summed E-state index contributed by atoms with van der Waals surface area (Å²) < 4.78 is 0. The van der Waals surface area contributed by atoms with Gasteiger partial charge in [0.25, 0.3) is 0 Å². The number of nitrogens with one attached hydrogen (secondary N) is 1. The number of carbonyl (C=O) groups is 1. The second-order valence-corrected chi connectivity index (χ2v) is 5.89. The van der Waals surface area contributed by atoms with Crippen LogP contribution in [-0.2, 0) is 10.2 Å². The molecule has 0 aliphatic heterocycles. The molecular weight excluding hydrogens is 248 g/mol. The summed E-state index contributed by atoms with van der Waals surface area (Å²) >= 11 is 0. The van der Waals surface area contributed by atoms with Gasteiger partial charge in [-0.25, -0.2) is 0 Å². The molecule has 1 unspecified atom stereocenters. The molecule has 3 heteroatoms. The predicted octanol–water partition coefficient (Wildman–Crippen LogP) is 2.60. The number of amides is 1. The molecule has 0 aromatic heterocycles. The van der Waals surface area contributed by atoms with Gasteiger partial charge >= 0.3 is 0 Å². The molecule has 1 aliphatic carbocycles. The minimum absolute atomic E-state index is 0.196. The first-order chi connectivity index (χ1) is 9.73. The fourth-order valence-corrected chi connectivity index (χ4v) is 2.93. The van der Waals surface area contributed by atoms with Gasteiger partial charge in [0.1, 0.15) is 0 Å². The average molecular weight is 274 g/mol. The number of hydrogen-bond acceptors (Lipinski definition) is 2. The van der Waals surface area contributed by atoms with Crippen molar-refractivity contribution in [1.29, 1.82) is 0 Å². The van der Waals surface area contributed by atoms with Crippen LogP contribution in [0.2, 0.25) is 0 Å². The molecule has 1 atom stereocenters. The summed E-state index contributed by atoms with van der Waals surface area (Å²) in [5, 5.41) is 3.16. The Labute approximate surface area is 121 Å². The van der Waals surface area contributed by atoms with Crippen molar-refractivity contribution < 1.29 is 4.79 Å². The van der Waals surface area contributed by atoms with E-state index in [1.165, 1.54) is 0 Å². The van der Waals surface area contributed by atoms with E-state index in [0.29, 0.717) is 12.5 Å². The number of benzene rings is 1. The van der Waals surface area contributed by atoms with E-state index in [2.05, 4.69) is 24.4 Å².